The minimum atomic E-state index is -0.0493. The molecule has 6 heteroatoms. The third-order valence-corrected chi connectivity index (χ3v) is 3.38. The number of fused-ring (bicyclic) bond motifs is 1. The van der Waals surface area contributed by atoms with Gasteiger partial charge >= 0.3 is 0 Å². The van der Waals surface area contributed by atoms with Crippen LogP contribution in [0.3, 0.4) is 0 Å². The van der Waals surface area contributed by atoms with E-state index in [0.29, 0.717) is 10.9 Å². The van der Waals surface area contributed by atoms with Crippen molar-refractivity contribution in [3.8, 4) is 0 Å². The van der Waals surface area contributed by atoms with Gasteiger partial charge in [0.25, 0.3) is 0 Å². The molecule has 4 nitrogen and oxygen atoms in total. The predicted molar refractivity (Wildman–Crippen MR) is 69.8 cm³/mol. The van der Waals surface area contributed by atoms with Gasteiger partial charge in [0.1, 0.15) is 0 Å². The monoisotopic (exact) mass is 253 g/mol. The third-order valence-electron chi connectivity index (χ3n) is 1.88. The summed E-state index contributed by atoms with van der Waals surface area (Å²) in [6.45, 7) is 0. The van der Waals surface area contributed by atoms with Crippen LogP contribution in [0.2, 0.25) is 0 Å². The molecule has 0 saturated heterocycles. The predicted octanol–water partition coefficient (Wildman–Crippen LogP) is 2.10. The van der Waals surface area contributed by atoms with E-state index in [0.717, 1.165) is 10.2 Å². The Morgan fingerprint density at radius 3 is 3.06 bits per heavy atom. The Balaban J connectivity index is 2.02. The molecule has 0 aliphatic rings. The number of benzene rings is 1. The normalized spacial score (nSPS) is 10.3. The lowest BCUT2D eigenvalue weighted by molar-refractivity contribution is -0.118. The van der Waals surface area contributed by atoms with E-state index in [2.05, 4.69) is 15.8 Å². The van der Waals surface area contributed by atoms with Crippen molar-refractivity contribution < 1.29 is 4.79 Å². The minimum absolute atomic E-state index is 0.0493. The standard InChI is InChI=1S/C10H11N3OS2/c1-15-6-9(14)12-13-10-11-7-4-2-3-5-8(7)16-10/h2-5H,6H2,1H3,(H,11,13)(H,12,14). The Bertz CT molecular complexity index is 465. The summed E-state index contributed by atoms with van der Waals surface area (Å²) in [4.78, 5) is 15.5. The zero-order valence-electron chi connectivity index (χ0n) is 8.69. The highest BCUT2D eigenvalue weighted by Gasteiger charge is 2.03. The van der Waals surface area contributed by atoms with Gasteiger partial charge in [-0.1, -0.05) is 23.5 Å². The molecule has 16 heavy (non-hydrogen) atoms. The first-order valence-corrected chi connectivity index (χ1v) is 6.90. The number of carbonyl (C=O) groups excluding carboxylic acids is 1. The van der Waals surface area contributed by atoms with E-state index in [-0.39, 0.29) is 5.91 Å². The quantitative estimate of drug-likeness (QED) is 0.819. The molecule has 84 valence electrons. The first-order valence-electron chi connectivity index (χ1n) is 4.69. The maximum Gasteiger partial charge on any atom is 0.248 e. The van der Waals surface area contributed by atoms with Crippen LogP contribution in [-0.2, 0) is 4.79 Å². The number of anilines is 1. The lowest BCUT2D eigenvalue weighted by atomic mass is 10.3. The molecule has 0 fully saturated rings. The number of aromatic nitrogens is 1. The molecule has 1 aromatic heterocycles. The molecule has 0 spiro atoms. The Labute approximate surface area is 101 Å². The summed E-state index contributed by atoms with van der Waals surface area (Å²) < 4.78 is 1.10. The summed E-state index contributed by atoms with van der Waals surface area (Å²) in [5, 5.41) is 0.704. The van der Waals surface area contributed by atoms with Crippen molar-refractivity contribution in [3.05, 3.63) is 24.3 Å². The first kappa shape index (κ1) is 11.2. The van der Waals surface area contributed by atoms with Gasteiger partial charge in [-0.05, 0) is 18.4 Å². The molecule has 0 atom stereocenters. The van der Waals surface area contributed by atoms with Crippen LogP contribution in [0.25, 0.3) is 10.2 Å². The molecule has 0 aliphatic heterocycles. The van der Waals surface area contributed by atoms with Gasteiger partial charge in [-0.15, -0.1) is 0 Å². The summed E-state index contributed by atoms with van der Waals surface area (Å²) in [5.74, 6) is 0.393. The van der Waals surface area contributed by atoms with Gasteiger partial charge in [0.05, 0.1) is 16.0 Å². The fraction of sp³-hybridized carbons (Fsp3) is 0.200. The summed E-state index contributed by atoms with van der Waals surface area (Å²) in [7, 11) is 0. The van der Waals surface area contributed by atoms with Crippen molar-refractivity contribution in [1.29, 1.82) is 0 Å². The van der Waals surface area contributed by atoms with Crippen LogP contribution in [0.15, 0.2) is 24.3 Å². The molecule has 0 radical (unpaired) electrons. The number of nitrogens with one attached hydrogen (secondary N) is 2. The summed E-state index contributed by atoms with van der Waals surface area (Å²) in [6, 6.07) is 7.86. The lowest BCUT2D eigenvalue weighted by Gasteiger charge is -2.02. The number of amides is 1. The molecular weight excluding hydrogens is 242 g/mol. The molecule has 1 aromatic carbocycles. The molecule has 2 aromatic rings. The van der Waals surface area contributed by atoms with Crippen LogP contribution >= 0.6 is 23.1 Å². The summed E-state index contributed by atoms with van der Waals surface area (Å²) in [5.41, 5.74) is 6.35. The number of hydrogen-bond donors (Lipinski definition) is 2. The van der Waals surface area contributed by atoms with Crippen LogP contribution in [0.1, 0.15) is 0 Å². The van der Waals surface area contributed by atoms with Gasteiger partial charge in [0.15, 0.2) is 0 Å². The molecule has 0 bridgehead atoms. The number of para-hydroxylation sites is 1. The molecule has 0 saturated carbocycles. The van der Waals surface area contributed by atoms with Crippen molar-refractivity contribution in [3.63, 3.8) is 0 Å². The van der Waals surface area contributed by atoms with Crippen molar-refractivity contribution in [2.24, 2.45) is 0 Å². The second-order valence-corrected chi connectivity index (χ2v) is 4.99. The highest BCUT2D eigenvalue weighted by Crippen LogP contribution is 2.24. The number of nitrogens with zero attached hydrogens (tertiary/aromatic N) is 1. The van der Waals surface area contributed by atoms with Gasteiger partial charge in [-0.3, -0.25) is 15.6 Å². The number of hydrazine groups is 1. The average molecular weight is 253 g/mol. The molecule has 0 aliphatic carbocycles. The Morgan fingerprint density at radius 1 is 1.50 bits per heavy atom. The number of rotatable bonds is 4. The van der Waals surface area contributed by atoms with Crippen LogP contribution < -0.4 is 10.9 Å². The van der Waals surface area contributed by atoms with E-state index in [9.17, 15) is 4.79 Å². The van der Waals surface area contributed by atoms with E-state index in [1.165, 1.54) is 23.1 Å². The SMILES string of the molecule is CSCC(=O)NNc1nc2ccccc2s1. The fourth-order valence-corrected chi connectivity index (χ4v) is 2.37. The highest BCUT2D eigenvalue weighted by atomic mass is 32.2. The van der Waals surface area contributed by atoms with Gasteiger partial charge in [0.2, 0.25) is 11.0 Å². The fourth-order valence-electron chi connectivity index (χ4n) is 1.22. The first-order chi connectivity index (χ1) is 7.79. The number of hydrogen-bond acceptors (Lipinski definition) is 5. The van der Waals surface area contributed by atoms with Crippen LogP contribution in [0.5, 0.6) is 0 Å². The van der Waals surface area contributed by atoms with Crippen LogP contribution in [0.4, 0.5) is 5.13 Å². The average Bonchev–Trinajstić information content (AvgIpc) is 2.69. The van der Waals surface area contributed by atoms with E-state index >= 15 is 0 Å². The zero-order valence-corrected chi connectivity index (χ0v) is 10.3. The van der Waals surface area contributed by atoms with Crippen LogP contribution in [-0.4, -0.2) is 22.9 Å². The van der Waals surface area contributed by atoms with Crippen molar-refractivity contribution in [1.82, 2.24) is 10.4 Å². The maximum absolute atomic E-state index is 11.2. The molecular formula is C10H11N3OS2. The number of thioether (sulfide) groups is 1. The largest absolute Gasteiger partial charge is 0.273 e. The molecule has 2 N–H and O–H groups in total. The number of thiazole rings is 1. The summed E-state index contributed by atoms with van der Waals surface area (Å²) in [6.07, 6.45) is 1.89. The second-order valence-electron chi connectivity index (χ2n) is 3.09. The van der Waals surface area contributed by atoms with E-state index in [1.54, 1.807) is 0 Å². The van der Waals surface area contributed by atoms with Gasteiger partial charge in [-0.25, -0.2) is 4.98 Å². The molecule has 0 unspecified atom stereocenters. The lowest BCUT2D eigenvalue weighted by Crippen LogP contribution is -2.30. The minimum Gasteiger partial charge on any atom is -0.273 e. The second kappa shape index (κ2) is 5.18. The van der Waals surface area contributed by atoms with Gasteiger partial charge in [-0.2, -0.15) is 11.8 Å². The van der Waals surface area contributed by atoms with Gasteiger partial charge in [0, 0.05) is 0 Å². The Kier molecular flexibility index (Phi) is 3.63. The third kappa shape index (κ3) is 2.65. The molecule has 1 heterocycles. The van der Waals surface area contributed by atoms with Crippen molar-refractivity contribution in [2.45, 2.75) is 0 Å². The maximum atomic E-state index is 11.2. The smallest absolute Gasteiger partial charge is 0.248 e. The van der Waals surface area contributed by atoms with E-state index in [4.69, 9.17) is 0 Å². The summed E-state index contributed by atoms with van der Waals surface area (Å²) >= 11 is 2.99. The molecule has 1 amide bonds. The van der Waals surface area contributed by atoms with Crippen molar-refractivity contribution in [2.75, 3.05) is 17.4 Å². The number of carbonyl (C=O) groups is 1. The molecule has 2 rings (SSSR count). The van der Waals surface area contributed by atoms with Gasteiger partial charge < -0.3 is 0 Å². The van der Waals surface area contributed by atoms with Crippen molar-refractivity contribution >= 4 is 44.4 Å². The Morgan fingerprint density at radius 2 is 2.31 bits per heavy atom. The topological polar surface area (TPSA) is 54.0 Å². The Hall–Kier alpha value is -1.27. The highest BCUT2D eigenvalue weighted by molar-refractivity contribution is 7.99. The zero-order chi connectivity index (χ0) is 11.4. The van der Waals surface area contributed by atoms with E-state index in [1.807, 2.05) is 30.5 Å². The van der Waals surface area contributed by atoms with E-state index < -0.39 is 0 Å². The van der Waals surface area contributed by atoms with Crippen LogP contribution in [0, 0.1) is 0 Å².